The van der Waals surface area contributed by atoms with E-state index < -0.39 is 5.41 Å². The van der Waals surface area contributed by atoms with Gasteiger partial charge in [-0.1, -0.05) is 188 Å². The Balaban J connectivity index is 1.16. The molecule has 2 heterocycles. The highest BCUT2D eigenvalue weighted by Gasteiger charge is 2.47. The summed E-state index contributed by atoms with van der Waals surface area (Å²) < 4.78 is 6.96. The number of hydrogen-bond acceptors (Lipinski definition) is 4. The zero-order valence-electron chi connectivity index (χ0n) is 30.3. The van der Waals surface area contributed by atoms with Gasteiger partial charge in [0.2, 0.25) is 0 Å². The van der Waals surface area contributed by atoms with Crippen molar-refractivity contribution in [2.24, 2.45) is 0 Å². The summed E-state index contributed by atoms with van der Waals surface area (Å²) >= 11 is 0. The Morgan fingerprint density at radius 3 is 1.43 bits per heavy atom. The number of para-hydroxylation sites is 1. The van der Waals surface area contributed by atoms with Crippen molar-refractivity contribution in [2.45, 2.75) is 5.41 Å². The Hall–Kier alpha value is -7.43. The van der Waals surface area contributed by atoms with Crippen molar-refractivity contribution >= 4 is 21.9 Å². The first kappa shape index (κ1) is 32.0. The second kappa shape index (κ2) is 12.9. The molecule has 1 aliphatic rings. The van der Waals surface area contributed by atoms with Crippen LogP contribution in [0.5, 0.6) is 0 Å². The molecule has 0 saturated heterocycles. The van der Waals surface area contributed by atoms with Gasteiger partial charge in [-0.05, 0) is 51.1 Å². The van der Waals surface area contributed by atoms with Crippen LogP contribution in [-0.4, -0.2) is 15.0 Å². The van der Waals surface area contributed by atoms with Crippen LogP contribution < -0.4 is 0 Å². The molecular formula is C52H33N3O. The number of aromatic nitrogens is 3. The molecule has 0 fully saturated rings. The molecule has 0 N–H and O–H groups in total. The lowest BCUT2D eigenvalue weighted by Crippen LogP contribution is -2.28. The fourth-order valence-corrected chi connectivity index (χ4v) is 8.77. The first-order valence-corrected chi connectivity index (χ1v) is 18.9. The Labute approximate surface area is 324 Å². The van der Waals surface area contributed by atoms with Crippen molar-refractivity contribution in [1.82, 2.24) is 15.0 Å². The van der Waals surface area contributed by atoms with Gasteiger partial charge in [-0.15, -0.1) is 0 Å². The summed E-state index contributed by atoms with van der Waals surface area (Å²) in [6.07, 6.45) is 0. The van der Waals surface area contributed by atoms with E-state index in [1.165, 1.54) is 27.8 Å². The van der Waals surface area contributed by atoms with E-state index in [1.54, 1.807) is 0 Å². The van der Waals surface area contributed by atoms with Crippen molar-refractivity contribution in [2.75, 3.05) is 0 Å². The molecule has 11 rings (SSSR count). The van der Waals surface area contributed by atoms with Gasteiger partial charge in [0.05, 0.1) is 5.41 Å². The van der Waals surface area contributed by atoms with Gasteiger partial charge in [0, 0.05) is 33.0 Å². The van der Waals surface area contributed by atoms with Gasteiger partial charge in [0.25, 0.3) is 0 Å². The van der Waals surface area contributed by atoms with Crippen molar-refractivity contribution in [3.63, 3.8) is 0 Å². The summed E-state index contributed by atoms with van der Waals surface area (Å²) in [5.74, 6) is 1.91. The quantitative estimate of drug-likeness (QED) is 0.172. The van der Waals surface area contributed by atoms with Crippen molar-refractivity contribution in [3.05, 3.63) is 222 Å². The smallest absolute Gasteiger partial charge is 0.164 e. The molecule has 4 heteroatoms. The number of benzene rings is 8. The minimum Gasteiger partial charge on any atom is -0.455 e. The molecule has 8 aromatic carbocycles. The van der Waals surface area contributed by atoms with Crippen molar-refractivity contribution in [1.29, 1.82) is 0 Å². The monoisotopic (exact) mass is 715 g/mol. The van der Waals surface area contributed by atoms with Gasteiger partial charge < -0.3 is 4.42 Å². The van der Waals surface area contributed by atoms with Crippen LogP contribution in [0.2, 0.25) is 0 Å². The zero-order chi connectivity index (χ0) is 37.1. The Kier molecular flexibility index (Phi) is 7.36. The summed E-state index contributed by atoms with van der Waals surface area (Å²) in [4.78, 5) is 14.9. The maximum Gasteiger partial charge on any atom is 0.164 e. The molecule has 0 bridgehead atoms. The molecule has 262 valence electrons. The summed E-state index contributed by atoms with van der Waals surface area (Å²) in [6, 6.07) is 70.3. The average molecular weight is 716 g/mol. The van der Waals surface area contributed by atoms with Gasteiger partial charge in [0.15, 0.2) is 17.5 Å². The van der Waals surface area contributed by atoms with Crippen LogP contribution in [0.15, 0.2) is 205 Å². The maximum absolute atomic E-state index is 6.96. The molecule has 0 amide bonds. The van der Waals surface area contributed by atoms with Crippen molar-refractivity contribution in [3.8, 4) is 56.4 Å². The highest BCUT2D eigenvalue weighted by Crippen LogP contribution is 2.59. The largest absolute Gasteiger partial charge is 0.455 e. The standard InChI is InChI=1S/C52H33N3O/c1-5-17-35(18-6-1)49-53-50(36-19-7-2-8-20-36)55-51(54-49)37-31-29-34(30-32-37)42-33-44-47(48-46(42)41-26-14-16-28-45(41)56-48)40-25-13-15-27-43(40)52(44,38-21-9-3-10-22-38)39-23-11-4-12-24-39/h1-33H. The third-order valence-electron chi connectivity index (χ3n) is 11.2. The molecule has 0 saturated carbocycles. The minimum absolute atomic E-state index is 0.567. The Morgan fingerprint density at radius 2 is 0.839 bits per heavy atom. The number of furan rings is 1. The molecule has 0 spiro atoms. The average Bonchev–Trinajstić information content (AvgIpc) is 3.82. The SMILES string of the molecule is c1ccc(-c2nc(-c3ccccc3)nc(-c3ccc(-c4cc5c(c6oc7ccccc7c46)-c4ccccc4C5(c4ccccc4)c4ccccc4)cc3)n2)cc1. The molecular weight excluding hydrogens is 683 g/mol. The van der Waals surface area contributed by atoms with Crippen LogP contribution in [0.4, 0.5) is 0 Å². The lowest BCUT2D eigenvalue weighted by Gasteiger charge is -2.34. The molecule has 10 aromatic rings. The number of rotatable bonds is 6. The number of fused-ring (bicyclic) bond motifs is 7. The molecule has 2 aromatic heterocycles. The van der Waals surface area contributed by atoms with E-state index >= 15 is 0 Å². The summed E-state index contributed by atoms with van der Waals surface area (Å²) in [6.45, 7) is 0. The molecule has 0 atom stereocenters. The second-order valence-electron chi connectivity index (χ2n) is 14.3. The van der Waals surface area contributed by atoms with Crippen LogP contribution in [-0.2, 0) is 5.41 Å². The van der Waals surface area contributed by atoms with E-state index in [4.69, 9.17) is 19.4 Å². The summed E-state index contributed by atoms with van der Waals surface area (Å²) in [5, 5.41) is 2.20. The van der Waals surface area contributed by atoms with Crippen LogP contribution in [0, 0.1) is 0 Å². The summed E-state index contributed by atoms with van der Waals surface area (Å²) in [7, 11) is 0. The maximum atomic E-state index is 6.96. The lowest BCUT2D eigenvalue weighted by molar-refractivity contribution is 0.669. The van der Waals surface area contributed by atoms with Gasteiger partial charge >= 0.3 is 0 Å². The van der Waals surface area contributed by atoms with E-state index in [1.807, 2.05) is 66.7 Å². The number of hydrogen-bond donors (Lipinski definition) is 0. The van der Waals surface area contributed by atoms with Crippen LogP contribution in [0.25, 0.3) is 78.4 Å². The first-order chi connectivity index (χ1) is 27.8. The van der Waals surface area contributed by atoms with Gasteiger partial charge in [-0.2, -0.15) is 0 Å². The van der Waals surface area contributed by atoms with Gasteiger partial charge in [-0.25, -0.2) is 15.0 Å². The second-order valence-corrected chi connectivity index (χ2v) is 14.3. The summed E-state index contributed by atoms with van der Waals surface area (Å²) in [5.41, 5.74) is 13.4. The fourth-order valence-electron chi connectivity index (χ4n) is 8.77. The van der Waals surface area contributed by atoms with E-state index in [0.717, 1.165) is 55.3 Å². The van der Waals surface area contributed by atoms with Crippen LogP contribution >= 0.6 is 0 Å². The Bertz CT molecular complexity index is 2950. The predicted molar refractivity (Wildman–Crippen MR) is 226 cm³/mol. The normalized spacial score (nSPS) is 12.8. The number of nitrogens with zero attached hydrogens (tertiary/aromatic N) is 3. The molecule has 1 aliphatic carbocycles. The van der Waals surface area contributed by atoms with E-state index in [0.29, 0.717) is 17.5 Å². The van der Waals surface area contributed by atoms with Gasteiger partial charge in [0.1, 0.15) is 11.2 Å². The molecule has 4 nitrogen and oxygen atoms in total. The highest BCUT2D eigenvalue weighted by atomic mass is 16.3. The van der Waals surface area contributed by atoms with E-state index in [9.17, 15) is 0 Å². The molecule has 56 heavy (non-hydrogen) atoms. The van der Waals surface area contributed by atoms with E-state index in [-0.39, 0.29) is 0 Å². The third kappa shape index (κ3) is 4.89. The molecule has 0 radical (unpaired) electrons. The van der Waals surface area contributed by atoms with Crippen molar-refractivity contribution < 1.29 is 4.42 Å². The van der Waals surface area contributed by atoms with Crippen LogP contribution in [0.1, 0.15) is 22.3 Å². The minimum atomic E-state index is -0.567. The van der Waals surface area contributed by atoms with E-state index in [2.05, 4.69) is 133 Å². The lowest BCUT2D eigenvalue weighted by atomic mass is 9.67. The predicted octanol–water partition coefficient (Wildman–Crippen LogP) is 12.8. The fraction of sp³-hybridized carbons (Fsp3) is 0.0192. The topological polar surface area (TPSA) is 51.8 Å². The zero-order valence-corrected chi connectivity index (χ0v) is 30.3. The van der Waals surface area contributed by atoms with Crippen LogP contribution in [0.3, 0.4) is 0 Å². The Morgan fingerprint density at radius 1 is 0.375 bits per heavy atom. The third-order valence-corrected chi connectivity index (χ3v) is 11.2. The molecule has 0 aliphatic heterocycles. The molecule has 0 unspecified atom stereocenters. The highest BCUT2D eigenvalue weighted by molar-refractivity contribution is 6.18. The first-order valence-electron chi connectivity index (χ1n) is 18.9. The van der Waals surface area contributed by atoms with Gasteiger partial charge in [-0.3, -0.25) is 0 Å².